The number of hydrogen-bond acceptors (Lipinski definition) is 6. The number of halogens is 2. The molecule has 7 nitrogen and oxygen atoms in total. The number of aliphatic hydroxyl groups is 1. The van der Waals surface area contributed by atoms with Crippen molar-refractivity contribution in [2.24, 2.45) is 5.41 Å². The van der Waals surface area contributed by atoms with Crippen molar-refractivity contribution >= 4 is 23.3 Å². The number of hydrogen-bond donors (Lipinski definition) is 2. The van der Waals surface area contributed by atoms with Crippen LogP contribution in [-0.4, -0.2) is 38.9 Å². The fourth-order valence-corrected chi connectivity index (χ4v) is 4.53. The molecule has 1 heterocycles. The molecule has 3 fully saturated rings. The Balaban J connectivity index is 1.24. The summed E-state index contributed by atoms with van der Waals surface area (Å²) in [6.07, 6.45) is 5.33. The lowest BCUT2D eigenvalue weighted by molar-refractivity contribution is -0.164. The second-order valence-corrected chi connectivity index (χ2v) is 8.28. The van der Waals surface area contributed by atoms with Gasteiger partial charge in [-0.25, -0.2) is 9.37 Å². The van der Waals surface area contributed by atoms with Gasteiger partial charge < -0.3 is 15.2 Å². The SMILES string of the molecule is O=C(COc1ccc(Cl)c(F)c1)NC12CC(CC(=O)c3cncc(CO)n3)(C1)C2. The Hall–Kier alpha value is -2.58. The van der Waals surface area contributed by atoms with E-state index >= 15 is 0 Å². The van der Waals surface area contributed by atoms with Gasteiger partial charge in [-0.15, -0.1) is 0 Å². The normalized spacial score (nSPS) is 24.2. The van der Waals surface area contributed by atoms with E-state index < -0.39 is 5.82 Å². The number of Topliss-reactive ketones (excluding diaryl/α,β-unsaturated/α-hetero) is 1. The van der Waals surface area contributed by atoms with E-state index in [0.717, 1.165) is 25.3 Å². The molecule has 2 N–H and O–H groups in total. The quantitative estimate of drug-likeness (QED) is 0.637. The minimum Gasteiger partial charge on any atom is -0.484 e. The van der Waals surface area contributed by atoms with E-state index in [-0.39, 0.29) is 52.3 Å². The lowest BCUT2D eigenvalue weighted by Gasteiger charge is -2.70. The predicted octanol–water partition coefficient (Wildman–Crippen LogP) is 2.45. The van der Waals surface area contributed by atoms with Gasteiger partial charge in [0.1, 0.15) is 17.3 Å². The summed E-state index contributed by atoms with van der Waals surface area (Å²) in [6, 6.07) is 3.99. The van der Waals surface area contributed by atoms with E-state index in [4.69, 9.17) is 21.4 Å². The third kappa shape index (κ3) is 3.95. The zero-order valence-corrected chi connectivity index (χ0v) is 16.2. The highest BCUT2D eigenvalue weighted by atomic mass is 35.5. The van der Waals surface area contributed by atoms with Crippen molar-refractivity contribution < 1.29 is 23.8 Å². The predicted molar refractivity (Wildman–Crippen MR) is 101 cm³/mol. The number of ether oxygens (including phenoxy) is 1. The first-order valence-electron chi connectivity index (χ1n) is 9.16. The summed E-state index contributed by atoms with van der Waals surface area (Å²) < 4.78 is 18.7. The van der Waals surface area contributed by atoms with Gasteiger partial charge in [-0.2, -0.15) is 0 Å². The summed E-state index contributed by atoms with van der Waals surface area (Å²) in [5, 5.41) is 12.1. The van der Waals surface area contributed by atoms with Gasteiger partial charge in [0.15, 0.2) is 12.4 Å². The fraction of sp³-hybridized carbons (Fsp3) is 0.400. The Morgan fingerprint density at radius 2 is 2.03 bits per heavy atom. The highest BCUT2D eigenvalue weighted by molar-refractivity contribution is 6.30. The third-order valence-electron chi connectivity index (χ3n) is 5.47. The van der Waals surface area contributed by atoms with Crippen molar-refractivity contribution in [1.82, 2.24) is 15.3 Å². The Labute approximate surface area is 171 Å². The average Bonchev–Trinajstić information content (AvgIpc) is 2.66. The number of amides is 1. The Morgan fingerprint density at radius 1 is 1.28 bits per heavy atom. The highest BCUT2D eigenvalue weighted by Crippen LogP contribution is 2.69. The van der Waals surface area contributed by atoms with Crippen LogP contribution in [0.4, 0.5) is 4.39 Å². The minimum absolute atomic E-state index is 0.00965. The molecule has 0 unspecified atom stereocenters. The molecular weight excluding hydrogens is 401 g/mol. The number of ketones is 1. The molecule has 29 heavy (non-hydrogen) atoms. The molecule has 1 aromatic carbocycles. The molecule has 5 rings (SSSR count). The van der Waals surface area contributed by atoms with Crippen LogP contribution < -0.4 is 10.1 Å². The maximum absolute atomic E-state index is 13.4. The van der Waals surface area contributed by atoms with Crippen LogP contribution >= 0.6 is 11.6 Å². The van der Waals surface area contributed by atoms with E-state index in [2.05, 4.69) is 15.3 Å². The summed E-state index contributed by atoms with van der Waals surface area (Å²) in [7, 11) is 0. The molecule has 3 aliphatic carbocycles. The molecule has 0 saturated heterocycles. The topological polar surface area (TPSA) is 101 Å². The molecular formula is C20H19ClFN3O4. The van der Waals surface area contributed by atoms with Gasteiger partial charge in [-0.3, -0.25) is 14.6 Å². The highest BCUT2D eigenvalue weighted by Gasteiger charge is 2.68. The molecule has 1 aromatic heterocycles. The molecule has 0 atom stereocenters. The number of carbonyl (C=O) groups is 2. The van der Waals surface area contributed by atoms with E-state index in [1.165, 1.54) is 24.5 Å². The Bertz CT molecular complexity index is 964. The van der Waals surface area contributed by atoms with Crippen LogP contribution in [0.5, 0.6) is 5.75 Å². The Morgan fingerprint density at radius 3 is 2.72 bits per heavy atom. The van der Waals surface area contributed by atoms with E-state index in [1.807, 2.05) is 0 Å². The van der Waals surface area contributed by atoms with E-state index in [9.17, 15) is 14.0 Å². The first-order chi connectivity index (χ1) is 13.8. The van der Waals surface area contributed by atoms with E-state index in [1.54, 1.807) is 0 Å². The Kier molecular flexibility index (Phi) is 5.00. The maximum atomic E-state index is 13.4. The lowest BCUT2D eigenvalue weighted by Crippen LogP contribution is -2.75. The van der Waals surface area contributed by atoms with Gasteiger partial charge in [0.05, 0.1) is 29.7 Å². The largest absolute Gasteiger partial charge is 0.484 e. The number of nitrogens with zero attached hydrogens (tertiary/aromatic N) is 2. The van der Waals surface area contributed by atoms with Crippen LogP contribution in [0.2, 0.25) is 5.02 Å². The van der Waals surface area contributed by atoms with Crippen molar-refractivity contribution in [1.29, 1.82) is 0 Å². The first-order valence-corrected chi connectivity index (χ1v) is 9.54. The van der Waals surface area contributed by atoms with Crippen molar-refractivity contribution in [3.8, 4) is 5.75 Å². The van der Waals surface area contributed by atoms with Crippen LogP contribution in [0.1, 0.15) is 41.9 Å². The number of benzene rings is 1. The maximum Gasteiger partial charge on any atom is 0.258 e. The van der Waals surface area contributed by atoms with Crippen molar-refractivity contribution in [2.75, 3.05) is 6.61 Å². The van der Waals surface area contributed by atoms with Crippen molar-refractivity contribution in [3.05, 3.63) is 52.8 Å². The molecule has 3 aliphatic rings. The van der Waals surface area contributed by atoms with Crippen LogP contribution in [0.15, 0.2) is 30.6 Å². The van der Waals surface area contributed by atoms with Crippen molar-refractivity contribution in [2.45, 2.75) is 37.8 Å². The second-order valence-electron chi connectivity index (χ2n) is 7.88. The smallest absolute Gasteiger partial charge is 0.258 e. The van der Waals surface area contributed by atoms with Gasteiger partial charge >= 0.3 is 0 Å². The summed E-state index contributed by atoms with van der Waals surface area (Å²) in [6.45, 7) is -0.489. The first kappa shape index (κ1) is 19.7. The zero-order chi connectivity index (χ0) is 20.6. The second kappa shape index (κ2) is 7.35. The average molecular weight is 420 g/mol. The molecule has 2 aromatic rings. The van der Waals surface area contributed by atoms with Crippen LogP contribution in [0.3, 0.4) is 0 Å². The van der Waals surface area contributed by atoms with Gasteiger partial charge in [0.25, 0.3) is 5.91 Å². The molecule has 152 valence electrons. The van der Waals surface area contributed by atoms with Crippen molar-refractivity contribution in [3.63, 3.8) is 0 Å². The standard InChI is InChI=1S/C20H19ClFN3O4/c21-14-2-1-13(3-15(14)22)29-8-18(28)25-20-9-19(10-20,11-20)4-17(27)16-6-23-5-12(7-26)24-16/h1-3,5-6,26H,4,7-11H2,(H,25,28). The number of nitrogens with one attached hydrogen (secondary N) is 1. The molecule has 2 bridgehead atoms. The summed E-state index contributed by atoms with van der Waals surface area (Å²) in [5.41, 5.74) is 0.215. The zero-order valence-electron chi connectivity index (χ0n) is 15.5. The minimum atomic E-state index is -0.607. The van der Waals surface area contributed by atoms with Gasteiger partial charge in [-0.05, 0) is 36.8 Å². The number of aliphatic hydroxyl groups excluding tert-OH is 1. The lowest BCUT2D eigenvalue weighted by atomic mass is 9.38. The van der Waals surface area contributed by atoms with Gasteiger partial charge in [0, 0.05) is 18.0 Å². The molecule has 1 amide bonds. The van der Waals surface area contributed by atoms with Gasteiger partial charge in [0.2, 0.25) is 0 Å². The number of rotatable bonds is 8. The molecule has 0 aliphatic heterocycles. The summed E-state index contributed by atoms with van der Waals surface area (Å²) >= 11 is 5.61. The molecule has 9 heteroatoms. The fourth-order valence-electron chi connectivity index (χ4n) is 4.41. The van der Waals surface area contributed by atoms with E-state index in [0.29, 0.717) is 12.1 Å². The third-order valence-corrected chi connectivity index (χ3v) is 5.78. The van der Waals surface area contributed by atoms with Crippen LogP contribution in [0.25, 0.3) is 0 Å². The van der Waals surface area contributed by atoms with Gasteiger partial charge in [-0.1, -0.05) is 11.6 Å². The molecule has 0 radical (unpaired) electrons. The monoisotopic (exact) mass is 419 g/mol. The van der Waals surface area contributed by atoms with Crippen LogP contribution in [-0.2, 0) is 11.4 Å². The molecule has 3 saturated carbocycles. The summed E-state index contributed by atoms with van der Waals surface area (Å²) in [5.74, 6) is -0.778. The summed E-state index contributed by atoms with van der Waals surface area (Å²) in [4.78, 5) is 32.6. The number of aromatic nitrogens is 2. The number of carbonyl (C=O) groups excluding carboxylic acids is 2. The molecule has 0 spiro atoms. The van der Waals surface area contributed by atoms with Crippen LogP contribution in [0, 0.1) is 11.2 Å².